The van der Waals surface area contributed by atoms with Crippen molar-refractivity contribution in [2.45, 2.75) is 38.6 Å². The first kappa shape index (κ1) is 13.1. The normalized spacial score (nSPS) is 20.6. The van der Waals surface area contributed by atoms with E-state index >= 15 is 0 Å². The summed E-state index contributed by atoms with van der Waals surface area (Å²) in [6, 6.07) is 8.50. The molecule has 2 rings (SSSR count). The Balaban J connectivity index is 2.04. The summed E-state index contributed by atoms with van der Waals surface area (Å²) in [6.07, 6.45) is 0.760. The molecule has 98 valence electrons. The minimum Gasteiger partial charge on any atom is -0.353 e. The number of benzene rings is 1. The van der Waals surface area contributed by atoms with Gasteiger partial charge < -0.3 is 10.6 Å². The predicted octanol–water partition coefficient (Wildman–Crippen LogP) is 1.61. The fourth-order valence-electron chi connectivity index (χ4n) is 2.19. The second-order valence-electron chi connectivity index (χ2n) is 5.95. The smallest absolute Gasteiger partial charge is 0.237 e. The van der Waals surface area contributed by atoms with Crippen LogP contribution in [0.2, 0.25) is 0 Å². The highest BCUT2D eigenvalue weighted by Crippen LogP contribution is 2.22. The van der Waals surface area contributed by atoms with Crippen LogP contribution in [0.4, 0.5) is 0 Å². The van der Waals surface area contributed by atoms with E-state index in [1.807, 2.05) is 0 Å². The van der Waals surface area contributed by atoms with E-state index in [1.165, 1.54) is 11.1 Å². The van der Waals surface area contributed by atoms with Crippen LogP contribution in [0.5, 0.6) is 0 Å². The predicted molar refractivity (Wildman–Crippen MR) is 73.6 cm³/mol. The van der Waals surface area contributed by atoms with Crippen molar-refractivity contribution in [2.75, 3.05) is 13.1 Å². The zero-order chi connectivity index (χ0) is 13.2. The average molecular weight is 246 g/mol. The Morgan fingerprint density at radius 1 is 1.17 bits per heavy atom. The van der Waals surface area contributed by atoms with Gasteiger partial charge in [-0.2, -0.15) is 0 Å². The third-order valence-electron chi connectivity index (χ3n) is 3.39. The molecule has 0 spiro atoms. The summed E-state index contributed by atoms with van der Waals surface area (Å²) in [5.41, 5.74) is 2.71. The van der Waals surface area contributed by atoms with E-state index in [0.717, 1.165) is 19.5 Å². The number of nitrogens with one attached hydrogen (secondary N) is 2. The zero-order valence-corrected chi connectivity index (χ0v) is 11.4. The van der Waals surface area contributed by atoms with E-state index < -0.39 is 0 Å². The number of carbonyl (C=O) groups is 1. The van der Waals surface area contributed by atoms with Crippen LogP contribution >= 0.6 is 0 Å². The van der Waals surface area contributed by atoms with Crippen LogP contribution in [0.3, 0.4) is 0 Å². The van der Waals surface area contributed by atoms with Crippen LogP contribution in [0.15, 0.2) is 24.3 Å². The van der Waals surface area contributed by atoms with Crippen molar-refractivity contribution in [1.29, 1.82) is 0 Å². The second-order valence-corrected chi connectivity index (χ2v) is 5.95. The lowest BCUT2D eigenvalue weighted by Crippen LogP contribution is -2.53. The van der Waals surface area contributed by atoms with Crippen LogP contribution in [0.1, 0.15) is 31.9 Å². The first-order valence-electron chi connectivity index (χ1n) is 6.57. The first-order valence-corrected chi connectivity index (χ1v) is 6.57. The Bertz CT molecular complexity index is 417. The van der Waals surface area contributed by atoms with Gasteiger partial charge in [0.2, 0.25) is 5.91 Å². The summed E-state index contributed by atoms with van der Waals surface area (Å²) < 4.78 is 0. The molecule has 0 bridgehead atoms. The van der Waals surface area contributed by atoms with Crippen LogP contribution in [-0.2, 0) is 16.6 Å². The Labute approximate surface area is 109 Å². The fraction of sp³-hybridized carbons (Fsp3) is 0.533. The highest BCUT2D eigenvalue weighted by atomic mass is 16.2. The monoisotopic (exact) mass is 246 g/mol. The van der Waals surface area contributed by atoms with E-state index in [-0.39, 0.29) is 17.4 Å². The van der Waals surface area contributed by atoms with Gasteiger partial charge in [-0.15, -0.1) is 0 Å². The molecule has 1 aliphatic rings. The second kappa shape index (κ2) is 5.11. The lowest BCUT2D eigenvalue weighted by Gasteiger charge is -2.24. The number of piperazine rings is 1. The van der Waals surface area contributed by atoms with Crippen LogP contribution in [0.25, 0.3) is 0 Å². The van der Waals surface area contributed by atoms with Gasteiger partial charge in [-0.05, 0) is 23.0 Å². The van der Waals surface area contributed by atoms with Crippen molar-refractivity contribution < 1.29 is 4.79 Å². The van der Waals surface area contributed by atoms with Gasteiger partial charge in [0.1, 0.15) is 0 Å². The summed E-state index contributed by atoms with van der Waals surface area (Å²) >= 11 is 0. The Morgan fingerprint density at radius 2 is 1.83 bits per heavy atom. The molecule has 1 aromatic carbocycles. The van der Waals surface area contributed by atoms with Crippen LogP contribution in [0, 0.1) is 0 Å². The average Bonchev–Trinajstić information content (AvgIpc) is 2.32. The van der Waals surface area contributed by atoms with Crippen molar-refractivity contribution in [2.24, 2.45) is 0 Å². The molecule has 2 N–H and O–H groups in total. The van der Waals surface area contributed by atoms with Crippen molar-refractivity contribution in [3.63, 3.8) is 0 Å². The fourth-order valence-corrected chi connectivity index (χ4v) is 2.19. The molecule has 1 saturated heterocycles. The summed E-state index contributed by atoms with van der Waals surface area (Å²) in [5, 5.41) is 6.14. The van der Waals surface area contributed by atoms with Gasteiger partial charge in [0.15, 0.2) is 0 Å². The van der Waals surface area contributed by atoms with Gasteiger partial charge >= 0.3 is 0 Å². The van der Waals surface area contributed by atoms with Crippen LogP contribution < -0.4 is 10.6 Å². The van der Waals surface area contributed by atoms with E-state index in [4.69, 9.17) is 0 Å². The topological polar surface area (TPSA) is 41.1 Å². The van der Waals surface area contributed by atoms with Gasteiger partial charge in [0.25, 0.3) is 0 Å². The molecule has 0 aliphatic carbocycles. The van der Waals surface area contributed by atoms with Gasteiger partial charge in [-0.1, -0.05) is 45.0 Å². The minimum absolute atomic E-state index is 0.0840. The molecule has 1 aliphatic heterocycles. The number of carbonyl (C=O) groups excluding carboxylic acids is 1. The largest absolute Gasteiger partial charge is 0.353 e. The molecular formula is C15H22N2O. The lowest BCUT2D eigenvalue weighted by atomic mass is 9.86. The maximum absolute atomic E-state index is 11.7. The maximum atomic E-state index is 11.7. The summed E-state index contributed by atoms with van der Waals surface area (Å²) in [7, 11) is 0. The van der Waals surface area contributed by atoms with Crippen molar-refractivity contribution >= 4 is 5.91 Å². The van der Waals surface area contributed by atoms with E-state index in [0.29, 0.717) is 0 Å². The Hall–Kier alpha value is -1.35. The number of hydrogen-bond donors (Lipinski definition) is 2. The number of hydrogen-bond acceptors (Lipinski definition) is 2. The zero-order valence-electron chi connectivity index (χ0n) is 11.4. The minimum atomic E-state index is -0.0840. The molecule has 1 aromatic rings. The molecule has 18 heavy (non-hydrogen) atoms. The van der Waals surface area contributed by atoms with Crippen molar-refractivity contribution in [1.82, 2.24) is 10.6 Å². The van der Waals surface area contributed by atoms with Gasteiger partial charge in [-0.3, -0.25) is 4.79 Å². The Morgan fingerprint density at radius 3 is 2.39 bits per heavy atom. The Kier molecular flexibility index (Phi) is 3.71. The molecule has 3 heteroatoms. The summed E-state index contributed by atoms with van der Waals surface area (Å²) in [4.78, 5) is 11.7. The van der Waals surface area contributed by atoms with Crippen LogP contribution in [-0.4, -0.2) is 25.0 Å². The molecular weight excluding hydrogens is 224 g/mol. The molecule has 0 aromatic heterocycles. The lowest BCUT2D eigenvalue weighted by molar-refractivity contribution is -0.124. The molecule has 0 radical (unpaired) electrons. The first-order chi connectivity index (χ1) is 8.47. The summed E-state index contributed by atoms with van der Waals surface area (Å²) in [5.74, 6) is 0.112. The van der Waals surface area contributed by atoms with Crippen molar-refractivity contribution in [3.8, 4) is 0 Å². The molecule has 1 amide bonds. The summed E-state index contributed by atoms with van der Waals surface area (Å²) in [6.45, 7) is 8.21. The number of rotatable bonds is 2. The molecule has 0 saturated carbocycles. The van der Waals surface area contributed by atoms with Gasteiger partial charge in [0.05, 0.1) is 6.04 Å². The molecule has 1 unspecified atom stereocenters. The quantitative estimate of drug-likeness (QED) is 0.832. The van der Waals surface area contributed by atoms with E-state index in [9.17, 15) is 4.79 Å². The highest BCUT2D eigenvalue weighted by molar-refractivity contribution is 5.82. The third-order valence-corrected chi connectivity index (χ3v) is 3.39. The number of amides is 1. The maximum Gasteiger partial charge on any atom is 0.237 e. The molecule has 1 fully saturated rings. The SMILES string of the molecule is CC(C)(C)c1ccc(CC2NCCNC2=O)cc1. The van der Waals surface area contributed by atoms with E-state index in [2.05, 4.69) is 55.7 Å². The van der Waals surface area contributed by atoms with Gasteiger partial charge in [0, 0.05) is 13.1 Å². The highest BCUT2D eigenvalue weighted by Gasteiger charge is 2.21. The molecule has 3 nitrogen and oxygen atoms in total. The van der Waals surface area contributed by atoms with Gasteiger partial charge in [-0.25, -0.2) is 0 Å². The standard InChI is InChI=1S/C15H22N2O/c1-15(2,3)12-6-4-11(5-7-12)10-13-14(18)17-9-8-16-13/h4-7,13,16H,8-10H2,1-3H3,(H,17,18). The van der Waals surface area contributed by atoms with Crippen molar-refractivity contribution in [3.05, 3.63) is 35.4 Å². The third kappa shape index (κ3) is 3.10. The molecule has 1 heterocycles. The van der Waals surface area contributed by atoms with E-state index in [1.54, 1.807) is 0 Å². The molecule has 1 atom stereocenters.